The minimum absolute atomic E-state index is 0.105. The fourth-order valence-corrected chi connectivity index (χ4v) is 6.22. The molecule has 4 rings (SSSR count). The number of anilines is 1. The Hall–Kier alpha value is -2.15. The lowest BCUT2D eigenvalue weighted by molar-refractivity contribution is -0.142. The molecule has 7 nitrogen and oxygen atoms in total. The van der Waals surface area contributed by atoms with Crippen molar-refractivity contribution in [3.05, 3.63) is 23.4 Å². The number of aliphatic carboxylic acids is 1. The van der Waals surface area contributed by atoms with Gasteiger partial charge in [0.05, 0.1) is 0 Å². The zero-order valence-corrected chi connectivity index (χ0v) is 20.2. The number of aryl methyl sites for hydroxylation is 2. The molecule has 0 unspecified atom stereocenters. The summed E-state index contributed by atoms with van der Waals surface area (Å²) in [7, 11) is 0. The number of carbonyl (C=O) groups excluding carboxylic acids is 1. The van der Waals surface area contributed by atoms with Gasteiger partial charge in [-0.2, -0.15) is 0 Å². The molecule has 33 heavy (non-hydrogen) atoms. The van der Waals surface area contributed by atoms with Crippen LogP contribution in [0.1, 0.15) is 76.5 Å². The first-order valence-corrected chi connectivity index (χ1v) is 13.0. The number of carboxylic acid groups (broad SMARTS) is 1. The van der Waals surface area contributed by atoms with E-state index < -0.39 is 12.0 Å². The third-order valence-corrected chi connectivity index (χ3v) is 8.18. The first-order valence-electron chi connectivity index (χ1n) is 13.0. The molecule has 0 saturated carbocycles. The van der Waals surface area contributed by atoms with Gasteiger partial charge in [0.15, 0.2) is 0 Å². The molecule has 0 aliphatic carbocycles. The Morgan fingerprint density at radius 2 is 2.09 bits per heavy atom. The fourth-order valence-electron chi connectivity index (χ4n) is 6.22. The third-order valence-electron chi connectivity index (χ3n) is 8.18. The van der Waals surface area contributed by atoms with Crippen LogP contribution in [0, 0.1) is 11.8 Å². The van der Waals surface area contributed by atoms with E-state index in [9.17, 15) is 14.7 Å². The van der Waals surface area contributed by atoms with Crippen molar-refractivity contribution in [2.45, 2.75) is 96.2 Å². The molecule has 3 aliphatic rings. The molecular weight excluding hydrogens is 416 g/mol. The van der Waals surface area contributed by atoms with E-state index in [0.29, 0.717) is 24.4 Å². The molecule has 2 fully saturated rings. The SMILES string of the molecule is CCC(CC)C(=O)N[C@@H](CCN1[C@H]2CC[C@@H]1[C@H](CCc1ccc3c(n1)NCCC3)C2)C(=O)O. The Balaban J connectivity index is 1.29. The molecule has 0 radical (unpaired) electrons. The van der Waals surface area contributed by atoms with Gasteiger partial charge in [-0.25, -0.2) is 9.78 Å². The Morgan fingerprint density at radius 1 is 1.27 bits per heavy atom. The van der Waals surface area contributed by atoms with E-state index in [-0.39, 0.29) is 11.8 Å². The average Bonchev–Trinajstić information content (AvgIpc) is 3.37. The van der Waals surface area contributed by atoms with Gasteiger partial charge in [-0.1, -0.05) is 19.9 Å². The number of amides is 1. The monoisotopic (exact) mass is 456 g/mol. The normalized spacial score (nSPS) is 25.0. The molecule has 1 aromatic rings. The van der Waals surface area contributed by atoms with Crippen LogP contribution in [-0.2, 0) is 22.4 Å². The number of carboxylic acids is 1. The van der Waals surface area contributed by atoms with E-state index >= 15 is 0 Å². The smallest absolute Gasteiger partial charge is 0.326 e. The van der Waals surface area contributed by atoms with E-state index in [1.807, 2.05) is 13.8 Å². The highest BCUT2D eigenvalue weighted by molar-refractivity contribution is 5.84. The minimum Gasteiger partial charge on any atom is -0.480 e. The van der Waals surface area contributed by atoms with Crippen LogP contribution in [-0.4, -0.2) is 58.1 Å². The van der Waals surface area contributed by atoms with E-state index in [4.69, 9.17) is 4.98 Å². The van der Waals surface area contributed by atoms with Crippen molar-refractivity contribution in [2.24, 2.45) is 11.8 Å². The number of fused-ring (bicyclic) bond motifs is 3. The van der Waals surface area contributed by atoms with E-state index in [1.54, 1.807) is 0 Å². The van der Waals surface area contributed by atoms with Gasteiger partial charge in [-0.15, -0.1) is 0 Å². The number of carbonyl (C=O) groups is 2. The first-order chi connectivity index (χ1) is 16.0. The second-order valence-electron chi connectivity index (χ2n) is 10.1. The summed E-state index contributed by atoms with van der Waals surface area (Å²) in [6.07, 6.45) is 9.99. The molecule has 2 saturated heterocycles. The Morgan fingerprint density at radius 3 is 2.85 bits per heavy atom. The number of hydrogen-bond donors (Lipinski definition) is 3. The molecule has 1 amide bonds. The summed E-state index contributed by atoms with van der Waals surface area (Å²) in [4.78, 5) is 31.6. The number of hydrogen-bond acceptors (Lipinski definition) is 5. The largest absolute Gasteiger partial charge is 0.480 e. The summed E-state index contributed by atoms with van der Waals surface area (Å²) in [5.74, 6) is 0.568. The van der Waals surface area contributed by atoms with Gasteiger partial charge >= 0.3 is 5.97 Å². The van der Waals surface area contributed by atoms with E-state index in [2.05, 4.69) is 27.7 Å². The zero-order valence-electron chi connectivity index (χ0n) is 20.2. The molecule has 0 aromatic carbocycles. The lowest BCUT2D eigenvalue weighted by Gasteiger charge is -2.26. The van der Waals surface area contributed by atoms with Crippen molar-refractivity contribution in [3.8, 4) is 0 Å². The Labute approximate surface area is 197 Å². The van der Waals surface area contributed by atoms with Gasteiger partial charge < -0.3 is 15.7 Å². The predicted octanol–water partition coefficient (Wildman–Crippen LogP) is 3.62. The zero-order chi connectivity index (χ0) is 23.4. The number of rotatable bonds is 11. The molecule has 4 heterocycles. The van der Waals surface area contributed by atoms with Crippen molar-refractivity contribution in [1.82, 2.24) is 15.2 Å². The maximum absolute atomic E-state index is 12.4. The van der Waals surface area contributed by atoms with Crippen LogP contribution in [0.15, 0.2) is 12.1 Å². The number of aromatic nitrogens is 1. The van der Waals surface area contributed by atoms with Crippen molar-refractivity contribution in [1.29, 1.82) is 0 Å². The Bertz CT molecular complexity index is 841. The molecule has 1 aromatic heterocycles. The predicted molar refractivity (Wildman–Crippen MR) is 129 cm³/mol. The fraction of sp³-hybridized carbons (Fsp3) is 0.731. The second-order valence-corrected chi connectivity index (χ2v) is 10.1. The Kier molecular flexibility index (Phi) is 7.89. The summed E-state index contributed by atoms with van der Waals surface area (Å²) in [5, 5.41) is 15.9. The number of pyridine rings is 1. The van der Waals surface area contributed by atoms with Crippen LogP contribution in [0.2, 0.25) is 0 Å². The number of nitrogens with zero attached hydrogens (tertiary/aromatic N) is 2. The van der Waals surface area contributed by atoms with Crippen LogP contribution in [0.4, 0.5) is 5.82 Å². The summed E-state index contributed by atoms with van der Waals surface area (Å²) >= 11 is 0. The van der Waals surface area contributed by atoms with Crippen molar-refractivity contribution in [3.63, 3.8) is 0 Å². The van der Waals surface area contributed by atoms with Crippen LogP contribution in [0.5, 0.6) is 0 Å². The number of nitrogens with one attached hydrogen (secondary N) is 2. The van der Waals surface area contributed by atoms with Crippen LogP contribution in [0.25, 0.3) is 0 Å². The molecule has 182 valence electrons. The van der Waals surface area contributed by atoms with E-state index in [0.717, 1.165) is 51.0 Å². The molecule has 2 bridgehead atoms. The van der Waals surface area contributed by atoms with Gasteiger partial charge in [-0.3, -0.25) is 9.69 Å². The first kappa shape index (κ1) is 24.0. The molecule has 3 N–H and O–H groups in total. The summed E-state index contributed by atoms with van der Waals surface area (Å²) < 4.78 is 0. The second kappa shape index (κ2) is 10.9. The molecule has 3 aliphatic heterocycles. The van der Waals surface area contributed by atoms with Crippen molar-refractivity contribution < 1.29 is 14.7 Å². The average molecular weight is 457 g/mol. The lowest BCUT2D eigenvalue weighted by Crippen LogP contribution is -2.45. The standard InChI is InChI=1S/C26H40N4O3/c1-3-17(4-2)25(31)29-22(26(32)33)13-15-30-21-11-12-23(30)19(16-21)8-10-20-9-7-18-6-5-14-27-24(18)28-20/h7,9,17,19,21-23H,3-6,8,10-16H2,1-2H3,(H,27,28)(H,29,31)(H,32,33)/t19-,21+,22+,23-/m1/s1. The maximum Gasteiger partial charge on any atom is 0.326 e. The third kappa shape index (κ3) is 5.51. The minimum atomic E-state index is -0.926. The maximum atomic E-state index is 12.4. The summed E-state index contributed by atoms with van der Waals surface area (Å²) in [6, 6.07) is 4.72. The van der Waals surface area contributed by atoms with Gasteiger partial charge in [0, 0.05) is 36.8 Å². The molecule has 4 atom stereocenters. The highest BCUT2D eigenvalue weighted by Gasteiger charge is 2.45. The summed E-state index contributed by atoms with van der Waals surface area (Å²) in [6.45, 7) is 5.71. The van der Waals surface area contributed by atoms with Crippen LogP contribution >= 0.6 is 0 Å². The molecule has 7 heteroatoms. The lowest BCUT2D eigenvalue weighted by atomic mass is 9.85. The van der Waals surface area contributed by atoms with E-state index in [1.165, 1.54) is 36.9 Å². The van der Waals surface area contributed by atoms with Crippen molar-refractivity contribution >= 4 is 17.7 Å². The quantitative estimate of drug-likeness (QED) is 0.471. The highest BCUT2D eigenvalue weighted by Crippen LogP contribution is 2.43. The molecule has 0 spiro atoms. The van der Waals surface area contributed by atoms with Crippen LogP contribution in [0.3, 0.4) is 0 Å². The highest BCUT2D eigenvalue weighted by atomic mass is 16.4. The van der Waals surface area contributed by atoms with Crippen molar-refractivity contribution in [2.75, 3.05) is 18.4 Å². The van der Waals surface area contributed by atoms with Gasteiger partial charge in [0.2, 0.25) is 5.91 Å². The van der Waals surface area contributed by atoms with Gasteiger partial charge in [-0.05, 0) is 81.8 Å². The van der Waals surface area contributed by atoms with Gasteiger partial charge in [0.25, 0.3) is 0 Å². The molecular formula is C26H40N4O3. The van der Waals surface area contributed by atoms with Crippen LogP contribution < -0.4 is 10.6 Å². The topological polar surface area (TPSA) is 94.6 Å². The summed E-state index contributed by atoms with van der Waals surface area (Å²) in [5.41, 5.74) is 2.51. The van der Waals surface area contributed by atoms with Gasteiger partial charge in [0.1, 0.15) is 11.9 Å².